The second-order valence-corrected chi connectivity index (χ2v) is 13.8. The average Bonchev–Trinajstić information content (AvgIpc) is 3.10. The summed E-state index contributed by atoms with van der Waals surface area (Å²) in [6, 6.07) is -1.49. The standard InChI is InChI=1S/C40H68NO9P/c1-3-5-7-9-11-13-15-17-18-19-21-23-25-27-29-31-33-47-34-37(35-48-51(45,46)49-36-38(41)40(43)44)50-39(42)32-30-28-26-24-22-20-16-14-12-10-8-6-4-2/h6,8,11-14,17-18,20,22,26,28,37-38H,3-5,7,9-10,15-16,19,21,23-25,27,29-36,41H2,1-2H3,(H,43,44)(H,45,46)/b8-6-,13-11-,14-12-,18-17-,22-20-,28-26-. The number of phosphoric acid groups is 1. The lowest BCUT2D eigenvalue weighted by atomic mass is 10.1. The molecule has 0 aromatic rings. The predicted molar refractivity (Wildman–Crippen MR) is 207 cm³/mol. The van der Waals surface area contributed by atoms with Gasteiger partial charge in [-0.25, -0.2) is 4.57 Å². The van der Waals surface area contributed by atoms with Gasteiger partial charge in [-0.2, -0.15) is 0 Å². The Morgan fingerprint density at radius 3 is 1.71 bits per heavy atom. The summed E-state index contributed by atoms with van der Waals surface area (Å²) in [5.74, 6) is -1.88. The van der Waals surface area contributed by atoms with E-state index < -0.39 is 45.1 Å². The van der Waals surface area contributed by atoms with E-state index in [2.05, 4.69) is 79.1 Å². The van der Waals surface area contributed by atoms with Crippen molar-refractivity contribution in [2.75, 3.05) is 26.4 Å². The minimum absolute atomic E-state index is 0.0232. The molecule has 10 nitrogen and oxygen atoms in total. The summed E-state index contributed by atoms with van der Waals surface area (Å²) in [5, 5.41) is 8.86. The molecule has 0 rings (SSSR count). The molecule has 0 radical (unpaired) electrons. The number of hydrogen-bond acceptors (Lipinski definition) is 8. The summed E-state index contributed by atoms with van der Waals surface area (Å²) < 4.78 is 33.1. The van der Waals surface area contributed by atoms with Crippen LogP contribution in [0.15, 0.2) is 72.9 Å². The maximum absolute atomic E-state index is 12.5. The first-order chi connectivity index (χ1) is 24.7. The minimum Gasteiger partial charge on any atom is -0.480 e. The molecule has 0 saturated carbocycles. The van der Waals surface area contributed by atoms with Crippen LogP contribution in [0.5, 0.6) is 0 Å². The quantitative estimate of drug-likeness (QED) is 0.0248. The van der Waals surface area contributed by atoms with Crippen LogP contribution in [0.3, 0.4) is 0 Å². The number of carbonyl (C=O) groups is 2. The maximum atomic E-state index is 12.5. The molecular formula is C40H68NO9P. The highest BCUT2D eigenvalue weighted by Gasteiger charge is 2.27. The van der Waals surface area contributed by atoms with Crippen LogP contribution < -0.4 is 5.73 Å². The van der Waals surface area contributed by atoms with Crippen LogP contribution in [-0.2, 0) is 32.7 Å². The Bertz CT molecular complexity index is 1080. The average molecular weight is 738 g/mol. The molecular weight excluding hydrogens is 669 g/mol. The molecule has 0 spiro atoms. The fraction of sp³-hybridized carbons (Fsp3) is 0.650. The van der Waals surface area contributed by atoms with Crippen LogP contribution in [0, 0.1) is 0 Å². The Morgan fingerprint density at radius 2 is 1.14 bits per heavy atom. The smallest absolute Gasteiger partial charge is 0.472 e. The van der Waals surface area contributed by atoms with Gasteiger partial charge in [0.25, 0.3) is 0 Å². The van der Waals surface area contributed by atoms with Crippen molar-refractivity contribution < 1.29 is 42.7 Å². The fourth-order valence-corrected chi connectivity index (χ4v) is 5.31. The summed E-state index contributed by atoms with van der Waals surface area (Å²) in [4.78, 5) is 33.3. The number of aliphatic carboxylic acids is 1. The molecule has 4 N–H and O–H groups in total. The number of esters is 1. The number of hydrogen-bond donors (Lipinski definition) is 3. The van der Waals surface area contributed by atoms with Crippen LogP contribution in [0.1, 0.15) is 129 Å². The molecule has 11 heteroatoms. The Balaban J connectivity index is 4.44. The van der Waals surface area contributed by atoms with Crippen LogP contribution in [0.2, 0.25) is 0 Å². The molecule has 0 aliphatic carbocycles. The summed E-state index contributed by atoms with van der Waals surface area (Å²) in [6.07, 6.45) is 42.6. The van der Waals surface area contributed by atoms with Crippen molar-refractivity contribution >= 4 is 19.8 Å². The number of carboxylic acids is 1. The summed E-state index contributed by atoms with van der Waals surface area (Å²) in [6.45, 7) is 3.59. The molecule has 3 atom stereocenters. The van der Waals surface area contributed by atoms with Crippen molar-refractivity contribution in [1.82, 2.24) is 0 Å². The fourth-order valence-electron chi connectivity index (χ4n) is 4.53. The van der Waals surface area contributed by atoms with Crippen molar-refractivity contribution in [2.24, 2.45) is 5.73 Å². The van der Waals surface area contributed by atoms with E-state index in [-0.39, 0.29) is 13.0 Å². The van der Waals surface area contributed by atoms with Gasteiger partial charge in [-0.3, -0.25) is 18.6 Å². The Labute approximate surface area is 308 Å². The number of rotatable bonds is 35. The van der Waals surface area contributed by atoms with Gasteiger partial charge in [0.15, 0.2) is 0 Å². The molecule has 3 unspecified atom stereocenters. The van der Waals surface area contributed by atoms with Crippen molar-refractivity contribution in [3.05, 3.63) is 72.9 Å². The Kier molecular flexibility index (Phi) is 34.0. The SMILES string of the molecule is CC/C=C\C/C=C\C/C=C\C/C=C\CCC(=O)OC(COCCCCCCCC/C=C\C/C=C\CCCCC)COP(=O)(O)OCC(N)C(=O)O. The van der Waals surface area contributed by atoms with Gasteiger partial charge >= 0.3 is 19.8 Å². The van der Waals surface area contributed by atoms with E-state index in [9.17, 15) is 19.0 Å². The molecule has 0 heterocycles. The third-order valence-electron chi connectivity index (χ3n) is 7.48. The normalized spacial score (nSPS) is 14.9. The second-order valence-electron chi connectivity index (χ2n) is 12.3. The van der Waals surface area contributed by atoms with Gasteiger partial charge in [-0.05, 0) is 70.6 Å². The molecule has 0 fully saturated rings. The molecule has 0 aromatic heterocycles. The Morgan fingerprint density at radius 1 is 0.647 bits per heavy atom. The van der Waals surface area contributed by atoms with Crippen molar-refractivity contribution in [3.63, 3.8) is 0 Å². The first kappa shape index (κ1) is 48.4. The number of allylic oxidation sites excluding steroid dienone is 12. The van der Waals surface area contributed by atoms with Crippen molar-refractivity contribution in [3.8, 4) is 0 Å². The lowest BCUT2D eigenvalue weighted by Gasteiger charge is -2.20. The van der Waals surface area contributed by atoms with Gasteiger partial charge in [-0.15, -0.1) is 0 Å². The number of nitrogens with two attached hydrogens (primary N) is 1. The second kappa shape index (κ2) is 35.8. The van der Waals surface area contributed by atoms with E-state index in [1.54, 1.807) is 0 Å². The van der Waals surface area contributed by atoms with E-state index >= 15 is 0 Å². The monoisotopic (exact) mass is 737 g/mol. The van der Waals surface area contributed by atoms with Gasteiger partial charge in [0.2, 0.25) is 0 Å². The molecule has 292 valence electrons. The maximum Gasteiger partial charge on any atom is 0.472 e. The number of carboxylic acid groups (broad SMARTS) is 1. The molecule has 0 aliphatic heterocycles. The highest BCUT2D eigenvalue weighted by atomic mass is 31.2. The van der Waals surface area contributed by atoms with Crippen LogP contribution in [0.25, 0.3) is 0 Å². The third-order valence-corrected chi connectivity index (χ3v) is 8.43. The number of unbranched alkanes of at least 4 members (excludes halogenated alkanes) is 9. The van der Waals surface area contributed by atoms with E-state index in [1.807, 2.05) is 12.2 Å². The molecule has 0 aromatic carbocycles. The zero-order valence-corrected chi connectivity index (χ0v) is 32.3. The first-order valence-electron chi connectivity index (χ1n) is 19.0. The van der Waals surface area contributed by atoms with E-state index in [0.29, 0.717) is 13.0 Å². The van der Waals surface area contributed by atoms with Crippen LogP contribution in [-0.4, -0.2) is 60.5 Å². The summed E-state index contributed by atoms with van der Waals surface area (Å²) >= 11 is 0. The van der Waals surface area contributed by atoms with Gasteiger partial charge in [0, 0.05) is 13.0 Å². The van der Waals surface area contributed by atoms with Crippen LogP contribution in [0.4, 0.5) is 0 Å². The first-order valence-corrected chi connectivity index (χ1v) is 20.5. The van der Waals surface area contributed by atoms with E-state index in [4.69, 9.17) is 24.8 Å². The van der Waals surface area contributed by atoms with Crippen molar-refractivity contribution in [1.29, 1.82) is 0 Å². The van der Waals surface area contributed by atoms with E-state index in [0.717, 1.165) is 64.2 Å². The number of ether oxygens (including phenoxy) is 2. The van der Waals surface area contributed by atoms with E-state index in [1.165, 1.54) is 38.5 Å². The Hall–Kier alpha value is -2.59. The lowest BCUT2D eigenvalue weighted by molar-refractivity contribution is -0.154. The zero-order chi connectivity index (χ0) is 37.7. The van der Waals surface area contributed by atoms with Crippen LogP contribution >= 0.6 is 7.82 Å². The molecule has 51 heavy (non-hydrogen) atoms. The summed E-state index contributed by atoms with van der Waals surface area (Å²) in [7, 11) is -4.63. The largest absolute Gasteiger partial charge is 0.480 e. The predicted octanol–water partition coefficient (Wildman–Crippen LogP) is 9.86. The van der Waals surface area contributed by atoms with Gasteiger partial charge < -0.3 is 25.2 Å². The topological polar surface area (TPSA) is 155 Å². The summed E-state index contributed by atoms with van der Waals surface area (Å²) in [5.41, 5.74) is 5.33. The molecule has 0 aliphatic rings. The molecule has 0 amide bonds. The third kappa shape index (κ3) is 35.6. The van der Waals surface area contributed by atoms with Gasteiger partial charge in [-0.1, -0.05) is 125 Å². The molecule has 0 bridgehead atoms. The van der Waals surface area contributed by atoms with Crippen molar-refractivity contribution in [2.45, 2.75) is 142 Å². The number of carbonyl (C=O) groups excluding carboxylic acids is 1. The molecule has 0 saturated heterocycles. The highest BCUT2D eigenvalue weighted by Crippen LogP contribution is 2.43. The lowest BCUT2D eigenvalue weighted by Crippen LogP contribution is -2.34. The number of phosphoric ester groups is 1. The van der Waals surface area contributed by atoms with Gasteiger partial charge in [0.1, 0.15) is 12.1 Å². The highest BCUT2D eigenvalue weighted by molar-refractivity contribution is 7.47. The minimum atomic E-state index is -4.63. The zero-order valence-electron chi connectivity index (χ0n) is 31.4. The van der Waals surface area contributed by atoms with Gasteiger partial charge in [0.05, 0.1) is 19.8 Å².